The van der Waals surface area contributed by atoms with Crippen LogP contribution in [0.3, 0.4) is 0 Å². The van der Waals surface area contributed by atoms with Crippen LogP contribution in [0.2, 0.25) is 0 Å². The Labute approximate surface area is 125 Å². The zero-order chi connectivity index (χ0) is 15.2. The van der Waals surface area contributed by atoms with Crippen LogP contribution in [-0.4, -0.2) is 48.8 Å². The van der Waals surface area contributed by atoms with Crippen LogP contribution in [0.4, 0.5) is 0 Å². The van der Waals surface area contributed by atoms with Gasteiger partial charge in [0, 0.05) is 20.2 Å². The van der Waals surface area contributed by atoms with Gasteiger partial charge in [-0.2, -0.15) is 0 Å². The molecule has 1 amide bonds. The maximum absolute atomic E-state index is 12.2. The number of carbonyl (C=O) groups is 1. The van der Waals surface area contributed by atoms with E-state index >= 15 is 0 Å². The van der Waals surface area contributed by atoms with E-state index in [4.69, 9.17) is 10.5 Å². The largest absolute Gasteiger partial charge is 0.508 e. The lowest BCUT2D eigenvalue weighted by atomic mass is 10.1. The molecular formula is C16H24N2O3. The van der Waals surface area contributed by atoms with Crippen molar-refractivity contribution in [1.82, 2.24) is 4.90 Å². The second-order valence-electron chi connectivity index (χ2n) is 5.76. The van der Waals surface area contributed by atoms with Gasteiger partial charge in [0.25, 0.3) is 0 Å². The molecule has 0 spiro atoms. The molecule has 1 fully saturated rings. The summed E-state index contributed by atoms with van der Waals surface area (Å²) in [6.45, 7) is 1.93. The summed E-state index contributed by atoms with van der Waals surface area (Å²) in [5.41, 5.74) is 6.89. The monoisotopic (exact) mass is 292 g/mol. The van der Waals surface area contributed by atoms with Crippen LogP contribution in [-0.2, 0) is 16.0 Å². The molecule has 1 saturated carbocycles. The fourth-order valence-electron chi connectivity index (χ4n) is 2.10. The number of amides is 1. The Morgan fingerprint density at radius 1 is 1.43 bits per heavy atom. The first-order valence-corrected chi connectivity index (χ1v) is 7.42. The van der Waals surface area contributed by atoms with E-state index in [0.717, 1.165) is 18.1 Å². The maximum atomic E-state index is 12.2. The molecule has 1 atom stereocenters. The molecule has 1 aliphatic rings. The lowest BCUT2D eigenvalue weighted by molar-refractivity contribution is -0.131. The van der Waals surface area contributed by atoms with Crippen LogP contribution in [0.25, 0.3) is 0 Å². The van der Waals surface area contributed by atoms with Gasteiger partial charge in [-0.05, 0) is 42.9 Å². The Balaban J connectivity index is 1.70. The van der Waals surface area contributed by atoms with Crippen LogP contribution in [0.5, 0.6) is 5.75 Å². The molecule has 2 rings (SSSR count). The van der Waals surface area contributed by atoms with E-state index < -0.39 is 6.04 Å². The predicted molar refractivity (Wildman–Crippen MR) is 81.0 cm³/mol. The first kappa shape index (κ1) is 15.8. The highest BCUT2D eigenvalue weighted by Crippen LogP contribution is 2.28. The summed E-state index contributed by atoms with van der Waals surface area (Å²) in [7, 11) is 1.75. The summed E-state index contributed by atoms with van der Waals surface area (Å²) in [5, 5.41) is 9.23. The number of nitrogens with zero attached hydrogens (tertiary/aromatic N) is 1. The Kier molecular flexibility index (Phi) is 5.59. The minimum atomic E-state index is -0.567. The number of benzene rings is 1. The van der Waals surface area contributed by atoms with Gasteiger partial charge in [0.05, 0.1) is 12.6 Å². The van der Waals surface area contributed by atoms with E-state index in [1.54, 1.807) is 36.2 Å². The SMILES string of the molecule is CN(CCOCC1CC1)C(=O)C(N)Cc1ccc(O)cc1. The predicted octanol–water partition coefficient (Wildman–Crippen LogP) is 1.15. The molecule has 0 bridgehead atoms. The van der Waals surface area contributed by atoms with E-state index in [-0.39, 0.29) is 11.7 Å². The lowest BCUT2D eigenvalue weighted by Crippen LogP contribution is -2.44. The van der Waals surface area contributed by atoms with Crippen molar-refractivity contribution in [3.63, 3.8) is 0 Å². The van der Waals surface area contributed by atoms with E-state index in [0.29, 0.717) is 19.6 Å². The Bertz CT molecular complexity index is 457. The zero-order valence-electron chi connectivity index (χ0n) is 12.5. The minimum absolute atomic E-state index is 0.0851. The average Bonchev–Trinajstić information content (AvgIpc) is 3.29. The first-order chi connectivity index (χ1) is 10.1. The molecule has 0 saturated heterocycles. The van der Waals surface area contributed by atoms with Crippen molar-refractivity contribution in [2.24, 2.45) is 11.7 Å². The third-order valence-electron chi connectivity index (χ3n) is 3.71. The molecule has 1 unspecified atom stereocenters. The number of hydrogen-bond acceptors (Lipinski definition) is 4. The highest BCUT2D eigenvalue weighted by molar-refractivity contribution is 5.81. The molecule has 3 N–H and O–H groups in total. The molecule has 5 heteroatoms. The van der Waals surface area contributed by atoms with Crippen LogP contribution >= 0.6 is 0 Å². The van der Waals surface area contributed by atoms with Crippen LogP contribution in [0, 0.1) is 5.92 Å². The number of aromatic hydroxyl groups is 1. The number of phenolic OH excluding ortho intramolecular Hbond substituents is 1. The number of rotatable bonds is 8. The minimum Gasteiger partial charge on any atom is -0.508 e. The summed E-state index contributed by atoms with van der Waals surface area (Å²) in [4.78, 5) is 13.8. The Hall–Kier alpha value is -1.59. The van der Waals surface area contributed by atoms with Crippen LogP contribution in [0.1, 0.15) is 18.4 Å². The standard InChI is InChI=1S/C16H24N2O3/c1-18(8-9-21-11-13-2-3-13)16(20)15(17)10-12-4-6-14(19)7-5-12/h4-7,13,15,19H,2-3,8-11,17H2,1H3. The summed E-state index contributed by atoms with van der Waals surface area (Å²) in [5.74, 6) is 0.865. The van der Waals surface area contributed by atoms with Gasteiger partial charge in [0.15, 0.2) is 0 Å². The van der Waals surface area contributed by atoms with Gasteiger partial charge in [-0.1, -0.05) is 12.1 Å². The third-order valence-corrected chi connectivity index (χ3v) is 3.71. The summed E-state index contributed by atoms with van der Waals surface area (Å²) < 4.78 is 5.53. The van der Waals surface area contributed by atoms with Gasteiger partial charge in [0.1, 0.15) is 5.75 Å². The topological polar surface area (TPSA) is 75.8 Å². The van der Waals surface area contributed by atoms with Gasteiger partial charge in [-0.25, -0.2) is 0 Å². The molecule has 0 aliphatic heterocycles. The van der Waals surface area contributed by atoms with Gasteiger partial charge in [-0.15, -0.1) is 0 Å². The van der Waals surface area contributed by atoms with E-state index in [1.807, 2.05) is 0 Å². The quantitative estimate of drug-likeness (QED) is 0.705. The summed E-state index contributed by atoms with van der Waals surface area (Å²) >= 11 is 0. The van der Waals surface area contributed by atoms with Crippen molar-refractivity contribution < 1.29 is 14.6 Å². The molecule has 0 radical (unpaired) electrons. The molecule has 1 aromatic carbocycles. The first-order valence-electron chi connectivity index (χ1n) is 7.42. The molecule has 5 nitrogen and oxygen atoms in total. The number of nitrogens with two attached hydrogens (primary N) is 1. The van der Waals surface area contributed by atoms with Crippen molar-refractivity contribution in [2.75, 3.05) is 26.8 Å². The van der Waals surface area contributed by atoms with Gasteiger partial charge < -0.3 is 20.5 Å². The second kappa shape index (κ2) is 7.43. The van der Waals surface area contributed by atoms with Crippen molar-refractivity contribution in [2.45, 2.75) is 25.3 Å². The van der Waals surface area contributed by atoms with Crippen molar-refractivity contribution in [1.29, 1.82) is 0 Å². The lowest BCUT2D eigenvalue weighted by Gasteiger charge is -2.21. The maximum Gasteiger partial charge on any atom is 0.239 e. The normalized spacial score (nSPS) is 15.7. The van der Waals surface area contributed by atoms with E-state index in [2.05, 4.69) is 0 Å². The van der Waals surface area contributed by atoms with Crippen molar-refractivity contribution in [3.8, 4) is 5.75 Å². The average molecular weight is 292 g/mol. The Morgan fingerprint density at radius 2 is 2.10 bits per heavy atom. The van der Waals surface area contributed by atoms with Crippen LogP contribution < -0.4 is 5.73 Å². The van der Waals surface area contributed by atoms with Gasteiger partial charge in [-0.3, -0.25) is 4.79 Å². The molecule has 116 valence electrons. The molecule has 21 heavy (non-hydrogen) atoms. The summed E-state index contributed by atoms with van der Waals surface area (Å²) in [6, 6.07) is 6.19. The number of carbonyl (C=O) groups excluding carboxylic acids is 1. The molecular weight excluding hydrogens is 268 g/mol. The number of hydrogen-bond donors (Lipinski definition) is 2. The van der Waals surface area contributed by atoms with Gasteiger partial charge in [0.2, 0.25) is 5.91 Å². The van der Waals surface area contributed by atoms with Crippen molar-refractivity contribution >= 4 is 5.91 Å². The fraction of sp³-hybridized carbons (Fsp3) is 0.562. The molecule has 0 aromatic heterocycles. The van der Waals surface area contributed by atoms with Crippen molar-refractivity contribution in [3.05, 3.63) is 29.8 Å². The summed E-state index contributed by atoms with van der Waals surface area (Å²) in [6.07, 6.45) is 3.00. The van der Waals surface area contributed by atoms with E-state index in [1.165, 1.54) is 12.8 Å². The second-order valence-corrected chi connectivity index (χ2v) is 5.76. The Morgan fingerprint density at radius 3 is 2.71 bits per heavy atom. The smallest absolute Gasteiger partial charge is 0.239 e. The van der Waals surface area contributed by atoms with E-state index in [9.17, 15) is 9.90 Å². The highest BCUT2D eigenvalue weighted by atomic mass is 16.5. The molecule has 0 heterocycles. The number of ether oxygens (including phenoxy) is 1. The fourth-order valence-corrected chi connectivity index (χ4v) is 2.10. The molecule has 1 aromatic rings. The number of phenols is 1. The zero-order valence-corrected chi connectivity index (χ0v) is 12.5. The number of likely N-dealkylation sites (N-methyl/N-ethyl adjacent to an activating group) is 1. The van der Waals surface area contributed by atoms with Gasteiger partial charge >= 0.3 is 0 Å². The highest BCUT2D eigenvalue weighted by Gasteiger charge is 2.22. The molecule has 1 aliphatic carbocycles. The third kappa shape index (κ3) is 5.36. The van der Waals surface area contributed by atoms with Crippen LogP contribution in [0.15, 0.2) is 24.3 Å².